The number of hydrogen-bond acceptors (Lipinski definition) is 6. The van der Waals surface area contributed by atoms with Gasteiger partial charge in [0, 0.05) is 37.3 Å². The maximum Gasteiger partial charge on any atom is 0.225 e. The molecule has 0 aliphatic heterocycles. The predicted octanol–water partition coefficient (Wildman–Crippen LogP) is 3.37. The fourth-order valence-corrected chi connectivity index (χ4v) is 4.07. The quantitative estimate of drug-likeness (QED) is 0.624. The molecule has 1 aliphatic carbocycles. The van der Waals surface area contributed by atoms with E-state index in [1.807, 2.05) is 43.2 Å². The highest BCUT2D eigenvalue weighted by atomic mass is 35.5. The minimum Gasteiger partial charge on any atom is -0.353 e. The Morgan fingerprint density at radius 2 is 2.10 bits per heavy atom. The largest absolute Gasteiger partial charge is 0.353 e. The van der Waals surface area contributed by atoms with Gasteiger partial charge in [0.2, 0.25) is 5.95 Å². The minimum atomic E-state index is -0.449. The monoisotopic (exact) mass is 426 g/mol. The molecular weight excluding hydrogens is 400 g/mol. The van der Waals surface area contributed by atoms with E-state index in [9.17, 15) is 4.79 Å². The van der Waals surface area contributed by atoms with Crippen molar-refractivity contribution in [3.8, 4) is 0 Å². The summed E-state index contributed by atoms with van der Waals surface area (Å²) in [5.41, 5.74) is 3.26. The van der Waals surface area contributed by atoms with Crippen LogP contribution in [0.3, 0.4) is 0 Å². The molecule has 0 bridgehead atoms. The van der Waals surface area contributed by atoms with Gasteiger partial charge in [0.05, 0.1) is 17.0 Å². The first kappa shape index (κ1) is 20.8. The van der Waals surface area contributed by atoms with Gasteiger partial charge in [-0.1, -0.05) is 31.5 Å². The van der Waals surface area contributed by atoms with Gasteiger partial charge >= 0.3 is 0 Å². The highest BCUT2D eigenvalue weighted by Gasteiger charge is 2.35. The third kappa shape index (κ3) is 4.18. The Morgan fingerprint density at radius 3 is 2.83 bits per heavy atom. The first-order valence-electron chi connectivity index (χ1n) is 10.3. The highest BCUT2D eigenvalue weighted by molar-refractivity contribution is 6.30. The molecule has 1 aromatic carbocycles. The van der Waals surface area contributed by atoms with Crippen LogP contribution in [0.1, 0.15) is 36.6 Å². The number of anilines is 1. The fourth-order valence-electron chi connectivity index (χ4n) is 3.89. The van der Waals surface area contributed by atoms with Crippen LogP contribution < -0.4 is 5.32 Å². The minimum absolute atomic E-state index is 0.128. The summed E-state index contributed by atoms with van der Waals surface area (Å²) in [6.07, 6.45) is 2.36. The smallest absolute Gasteiger partial charge is 0.225 e. The van der Waals surface area contributed by atoms with Crippen LogP contribution in [0.25, 0.3) is 11.0 Å². The van der Waals surface area contributed by atoms with Crippen LogP contribution >= 0.6 is 11.6 Å². The number of halogens is 1. The van der Waals surface area contributed by atoms with Crippen molar-refractivity contribution in [1.82, 2.24) is 24.6 Å². The maximum absolute atomic E-state index is 13.0. The lowest BCUT2D eigenvalue weighted by Crippen LogP contribution is -2.22. The molecule has 2 heterocycles. The fraction of sp³-hybridized carbons (Fsp3) is 0.455. The van der Waals surface area contributed by atoms with Crippen molar-refractivity contribution in [2.24, 2.45) is 5.92 Å². The summed E-state index contributed by atoms with van der Waals surface area (Å²) < 4.78 is 1.90. The number of nitrogens with one attached hydrogen (secondary N) is 1. The molecule has 158 valence electrons. The van der Waals surface area contributed by atoms with E-state index >= 15 is 0 Å². The SMILES string of the molecule is CC(C)Cn1cc2c(C3C(=O)Cc4ccc(Cl)cc43)nc(NCCN(C)C)nc2n1. The van der Waals surface area contributed by atoms with Crippen molar-refractivity contribution >= 4 is 34.4 Å². The molecule has 4 rings (SSSR count). The van der Waals surface area contributed by atoms with Crippen LogP contribution in [0.2, 0.25) is 5.02 Å². The number of nitrogens with zero attached hydrogens (tertiary/aromatic N) is 5. The summed E-state index contributed by atoms with van der Waals surface area (Å²) in [5, 5.41) is 9.39. The zero-order chi connectivity index (χ0) is 21.4. The van der Waals surface area contributed by atoms with Gasteiger partial charge in [-0.15, -0.1) is 0 Å². The molecular formula is C22H27ClN6O. The molecule has 0 amide bonds. The third-order valence-electron chi connectivity index (χ3n) is 5.23. The first-order chi connectivity index (χ1) is 14.3. The maximum atomic E-state index is 13.0. The van der Waals surface area contributed by atoms with Gasteiger partial charge in [0.15, 0.2) is 11.4 Å². The van der Waals surface area contributed by atoms with E-state index in [-0.39, 0.29) is 5.78 Å². The third-order valence-corrected chi connectivity index (χ3v) is 5.46. The van der Waals surface area contributed by atoms with Gasteiger partial charge in [-0.3, -0.25) is 9.48 Å². The van der Waals surface area contributed by atoms with Crippen molar-refractivity contribution in [3.05, 3.63) is 46.2 Å². The van der Waals surface area contributed by atoms with Crippen LogP contribution in [0.4, 0.5) is 5.95 Å². The Hall–Kier alpha value is -2.51. The average Bonchev–Trinajstić information content (AvgIpc) is 3.19. The van der Waals surface area contributed by atoms with Crippen molar-refractivity contribution in [2.45, 2.75) is 32.7 Å². The zero-order valence-electron chi connectivity index (χ0n) is 17.8. The predicted molar refractivity (Wildman–Crippen MR) is 119 cm³/mol. The summed E-state index contributed by atoms with van der Waals surface area (Å²) in [4.78, 5) is 24.5. The van der Waals surface area contributed by atoms with Gasteiger partial charge < -0.3 is 10.2 Å². The van der Waals surface area contributed by atoms with Gasteiger partial charge in [0.1, 0.15) is 0 Å². The summed E-state index contributed by atoms with van der Waals surface area (Å²) in [7, 11) is 4.03. The molecule has 2 aromatic heterocycles. The van der Waals surface area contributed by atoms with E-state index in [2.05, 4.69) is 34.1 Å². The second kappa shape index (κ2) is 8.32. The Bertz CT molecular complexity index is 1090. The number of likely N-dealkylation sites (N-methyl/N-ethyl adjacent to an activating group) is 1. The lowest BCUT2D eigenvalue weighted by molar-refractivity contribution is -0.118. The second-order valence-electron chi connectivity index (χ2n) is 8.56. The normalized spacial score (nSPS) is 16.1. The van der Waals surface area contributed by atoms with E-state index in [1.54, 1.807) is 0 Å². The number of carbonyl (C=O) groups excluding carboxylic acids is 1. The molecule has 1 atom stereocenters. The van der Waals surface area contributed by atoms with E-state index < -0.39 is 5.92 Å². The summed E-state index contributed by atoms with van der Waals surface area (Å²) in [6, 6.07) is 5.66. The zero-order valence-corrected chi connectivity index (χ0v) is 18.6. The van der Waals surface area contributed by atoms with E-state index in [0.29, 0.717) is 41.2 Å². The molecule has 7 nitrogen and oxygen atoms in total. The number of fused-ring (bicyclic) bond motifs is 2. The van der Waals surface area contributed by atoms with Gasteiger partial charge in [-0.05, 0) is 43.3 Å². The Labute approximate surface area is 181 Å². The molecule has 1 unspecified atom stereocenters. The lowest BCUT2D eigenvalue weighted by Gasteiger charge is -2.14. The van der Waals surface area contributed by atoms with Gasteiger partial charge in [-0.2, -0.15) is 10.1 Å². The molecule has 1 aliphatic rings. The standard InChI is InChI=1S/C22H27ClN6O/c1-13(2)11-29-12-17-20(19-16-10-15(23)6-5-14(16)9-18(19)30)25-22(26-21(17)27-29)24-7-8-28(3)4/h5-6,10,12-13,19H,7-9,11H2,1-4H3,(H,24,26,27). The average molecular weight is 427 g/mol. The summed E-state index contributed by atoms with van der Waals surface area (Å²) >= 11 is 6.26. The molecule has 0 fully saturated rings. The van der Waals surface area contributed by atoms with Crippen molar-refractivity contribution in [3.63, 3.8) is 0 Å². The molecule has 0 radical (unpaired) electrons. The van der Waals surface area contributed by atoms with Crippen LogP contribution in [-0.2, 0) is 17.8 Å². The summed E-state index contributed by atoms with van der Waals surface area (Å²) in [6.45, 7) is 6.61. The highest BCUT2D eigenvalue weighted by Crippen LogP contribution is 2.39. The molecule has 8 heteroatoms. The number of Topliss-reactive ketones (excluding diaryl/α,β-unsaturated/α-hetero) is 1. The van der Waals surface area contributed by atoms with E-state index in [4.69, 9.17) is 16.6 Å². The molecule has 30 heavy (non-hydrogen) atoms. The van der Waals surface area contributed by atoms with E-state index in [1.165, 1.54) is 0 Å². The van der Waals surface area contributed by atoms with Crippen LogP contribution in [0.15, 0.2) is 24.4 Å². The number of ketones is 1. The molecule has 0 saturated heterocycles. The number of hydrogen-bond donors (Lipinski definition) is 1. The Kier molecular flexibility index (Phi) is 5.75. The number of benzene rings is 1. The molecule has 0 saturated carbocycles. The van der Waals surface area contributed by atoms with E-state index in [0.717, 1.165) is 29.6 Å². The Morgan fingerprint density at radius 1 is 1.30 bits per heavy atom. The topological polar surface area (TPSA) is 75.9 Å². The number of aromatic nitrogens is 4. The molecule has 3 aromatic rings. The molecule has 1 N–H and O–H groups in total. The molecule has 0 spiro atoms. The second-order valence-corrected chi connectivity index (χ2v) is 9.00. The first-order valence-corrected chi connectivity index (χ1v) is 10.6. The van der Waals surface area contributed by atoms with Gasteiger partial charge in [0.25, 0.3) is 0 Å². The lowest BCUT2D eigenvalue weighted by atomic mass is 9.95. The summed E-state index contributed by atoms with van der Waals surface area (Å²) in [5.74, 6) is 0.622. The Balaban J connectivity index is 1.81. The van der Waals surface area contributed by atoms with Crippen LogP contribution in [-0.4, -0.2) is 57.6 Å². The van der Waals surface area contributed by atoms with Crippen LogP contribution in [0, 0.1) is 5.92 Å². The van der Waals surface area contributed by atoms with Crippen molar-refractivity contribution < 1.29 is 4.79 Å². The van der Waals surface area contributed by atoms with Crippen LogP contribution in [0.5, 0.6) is 0 Å². The van der Waals surface area contributed by atoms with Crippen molar-refractivity contribution in [1.29, 1.82) is 0 Å². The number of carbonyl (C=O) groups is 1. The van der Waals surface area contributed by atoms with Gasteiger partial charge in [-0.25, -0.2) is 4.98 Å². The van der Waals surface area contributed by atoms with Crippen molar-refractivity contribution in [2.75, 3.05) is 32.5 Å². The number of rotatable bonds is 7.